The maximum atomic E-state index is 12.1. The van der Waals surface area contributed by atoms with E-state index in [1.807, 2.05) is 0 Å². The Hall–Kier alpha value is -1.10. The quantitative estimate of drug-likeness (QED) is 0.463. The molecule has 0 spiro atoms. The lowest BCUT2D eigenvalue weighted by atomic mass is 9.83. The second-order valence-electron chi connectivity index (χ2n) is 7.42. The molecule has 140 valence electrons. The zero-order chi connectivity index (χ0) is 17.8. The standard InChI is InChI=1S/C19H35NO4/c1-19(2,16-12-14-20-15-13-16)24-18(22)11-9-7-5-4-6-8-10-17(21)23-3/h16,20H,4-15H2,1-3H3/p+1. The Labute approximate surface area is 146 Å². The number of carbonyl (C=O) groups is 2. The lowest BCUT2D eigenvalue weighted by Crippen LogP contribution is -2.86. The second-order valence-corrected chi connectivity index (χ2v) is 7.42. The molecule has 1 rings (SSSR count). The van der Waals surface area contributed by atoms with Crippen LogP contribution in [0.25, 0.3) is 0 Å². The molecule has 0 aromatic rings. The fraction of sp³-hybridized carbons (Fsp3) is 0.895. The molecule has 0 amide bonds. The zero-order valence-electron chi connectivity index (χ0n) is 15.8. The molecule has 0 aromatic heterocycles. The maximum Gasteiger partial charge on any atom is 0.306 e. The highest BCUT2D eigenvalue weighted by Gasteiger charge is 2.35. The Morgan fingerprint density at radius 2 is 1.42 bits per heavy atom. The van der Waals surface area contributed by atoms with Crippen LogP contribution in [0, 0.1) is 5.92 Å². The topological polar surface area (TPSA) is 69.2 Å². The van der Waals surface area contributed by atoms with Gasteiger partial charge >= 0.3 is 11.9 Å². The fourth-order valence-corrected chi connectivity index (χ4v) is 3.40. The van der Waals surface area contributed by atoms with Crippen molar-refractivity contribution in [3.8, 4) is 0 Å². The van der Waals surface area contributed by atoms with Crippen LogP contribution in [0.2, 0.25) is 0 Å². The van der Waals surface area contributed by atoms with Gasteiger partial charge in [0.2, 0.25) is 0 Å². The minimum Gasteiger partial charge on any atom is -0.469 e. The van der Waals surface area contributed by atoms with E-state index >= 15 is 0 Å². The summed E-state index contributed by atoms with van der Waals surface area (Å²) in [7, 11) is 1.43. The molecule has 24 heavy (non-hydrogen) atoms. The van der Waals surface area contributed by atoms with E-state index in [1.54, 1.807) is 0 Å². The molecular weight excluding hydrogens is 306 g/mol. The van der Waals surface area contributed by atoms with Gasteiger partial charge < -0.3 is 14.8 Å². The first-order chi connectivity index (χ1) is 11.5. The smallest absolute Gasteiger partial charge is 0.306 e. The average molecular weight is 343 g/mol. The molecule has 0 bridgehead atoms. The van der Waals surface area contributed by atoms with Gasteiger partial charge in [-0.25, -0.2) is 0 Å². The van der Waals surface area contributed by atoms with Crippen molar-refractivity contribution < 1.29 is 24.4 Å². The molecule has 1 aliphatic rings. The zero-order valence-corrected chi connectivity index (χ0v) is 15.8. The molecule has 0 unspecified atom stereocenters. The molecule has 0 aliphatic carbocycles. The molecule has 1 aliphatic heterocycles. The average Bonchev–Trinajstić information content (AvgIpc) is 2.57. The molecule has 1 saturated heterocycles. The highest BCUT2D eigenvalue weighted by molar-refractivity contribution is 5.69. The van der Waals surface area contributed by atoms with E-state index in [1.165, 1.54) is 7.11 Å². The van der Waals surface area contributed by atoms with E-state index in [2.05, 4.69) is 23.9 Å². The number of esters is 2. The number of ether oxygens (including phenoxy) is 2. The normalized spacial score (nSPS) is 16.0. The Kier molecular flexibility index (Phi) is 9.99. The first-order valence-corrected chi connectivity index (χ1v) is 9.56. The van der Waals surface area contributed by atoms with Gasteiger partial charge in [0.05, 0.1) is 20.2 Å². The minimum absolute atomic E-state index is 0.0553. The largest absolute Gasteiger partial charge is 0.469 e. The van der Waals surface area contributed by atoms with Gasteiger partial charge in [0.15, 0.2) is 0 Å². The maximum absolute atomic E-state index is 12.1. The van der Waals surface area contributed by atoms with Crippen molar-refractivity contribution in [2.75, 3.05) is 20.2 Å². The highest BCUT2D eigenvalue weighted by Crippen LogP contribution is 2.28. The number of nitrogens with two attached hydrogens (primary N) is 1. The van der Waals surface area contributed by atoms with Gasteiger partial charge in [0.25, 0.3) is 0 Å². The molecule has 0 saturated carbocycles. The Bertz CT molecular complexity index is 376. The fourth-order valence-electron chi connectivity index (χ4n) is 3.40. The first kappa shape index (κ1) is 20.9. The molecule has 1 heterocycles. The van der Waals surface area contributed by atoms with Gasteiger partial charge in [-0.3, -0.25) is 9.59 Å². The van der Waals surface area contributed by atoms with Crippen LogP contribution in [0.4, 0.5) is 0 Å². The van der Waals surface area contributed by atoms with E-state index in [0.29, 0.717) is 18.8 Å². The van der Waals surface area contributed by atoms with Crippen molar-refractivity contribution in [1.29, 1.82) is 0 Å². The van der Waals surface area contributed by atoms with Crippen LogP contribution >= 0.6 is 0 Å². The first-order valence-electron chi connectivity index (χ1n) is 9.56. The van der Waals surface area contributed by atoms with E-state index in [0.717, 1.165) is 64.5 Å². The number of hydrogen-bond acceptors (Lipinski definition) is 4. The monoisotopic (exact) mass is 342 g/mol. The van der Waals surface area contributed by atoms with Gasteiger partial charge in [0.1, 0.15) is 5.60 Å². The van der Waals surface area contributed by atoms with Gasteiger partial charge in [-0.1, -0.05) is 25.7 Å². The predicted molar refractivity (Wildman–Crippen MR) is 93.5 cm³/mol. The number of methoxy groups -OCH3 is 1. The van der Waals surface area contributed by atoms with Gasteiger partial charge in [-0.05, 0) is 26.7 Å². The van der Waals surface area contributed by atoms with E-state index < -0.39 is 0 Å². The Morgan fingerprint density at radius 3 is 1.96 bits per heavy atom. The van der Waals surface area contributed by atoms with E-state index in [-0.39, 0.29) is 17.5 Å². The third-order valence-corrected chi connectivity index (χ3v) is 5.04. The number of piperidine rings is 1. The molecule has 1 fully saturated rings. The third-order valence-electron chi connectivity index (χ3n) is 5.04. The summed E-state index contributed by atoms with van der Waals surface area (Å²) in [6.07, 6.45) is 9.38. The number of unbranched alkanes of at least 4 members (excludes halogenated alkanes) is 5. The highest BCUT2D eigenvalue weighted by atomic mass is 16.6. The summed E-state index contributed by atoms with van der Waals surface area (Å²) < 4.78 is 10.4. The van der Waals surface area contributed by atoms with Crippen molar-refractivity contribution in [2.24, 2.45) is 5.92 Å². The van der Waals surface area contributed by atoms with Gasteiger partial charge in [-0.15, -0.1) is 0 Å². The van der Waals surface area contributed by atoms with Crippen LogP contribution in [-0.2, 0) is 19.1 Å². The molecule has 0 radical (unpaired) electrons. The molecule has 2 N–H and O–H groups in total. The van der Waals surface area contributed by atoms with E-state index in [9.17, 15) is 9.59 Å². The molecule has 5 heteroatoms. The summed E-state index contributed by atoms with van der Waals surface area (Å²) in [6.45, 7) is 6.40. The molecular formula is C19H36NO4+. The van der Waals surface area contributed by atoms with Crippen molar-refractivity contribution in [2.45, 2.75) is 83.7 Å². The van der Waals surface area contributed by atoms with Gasteiger partial charge in [0, 0.05) is 31.6 Å². The van der Waals surface area contributed by atoms with Crippen molar-refractivity contribution >= 4 is 11.9 Å². The summed E-state index contributed by atoms with van der Waals surface area (Å²) in [5, 5.41) is 2.33. The van der Waals surface area contributed by atoms with Crippen molar-refractivity contribution in [3.05, 3.63) is 0 Å². The number of hydrogen-bond donors (Lipinski definition) is 1. The number of quaternary nitrogens is 1. The Morgan fingerprint density at radius 1 is 0.917 bits per heavy atom. The molecule has 0 aromatic carbocycles. The van der Waals surface area contributed by atoms with Gasteiger partial charge in [-0.2, -0.15) is 0 Å². The summed E-state index contributed by atoms with van der Waals surface area (Å²) in [5.41, 5.74) is -0.334. The summed E-state index contributed by atoms with van der Waals surface area (Å²) >= 11 is 0. The van der Waals surface area contributed by atoms with Crippen molar-refractivity contribution in [1.82, 2.24) is 0 Å². The predicted octanol–water partition coefficient (Wildman–Crippen LogP) is 2.58. The lowest BCUT2D eigenvalue weighted by Gasteiger charge is -2.35. The van der Waals surface area contributed by atoms with Crippen LogP contribution in [0.1, 0.15) is 78.1 Å². The summed E-state index contributed by atoms with van der Waals surface area (Å²) in [4.78, 5) is 23.0. The molecule has 0 atom stereocenters. The lowest BCUT2D eigenvalue weighted by molar-refractivity contribution is -0.665. The third kappa shape index (κ3) is 8.67. The Balaban J connectivity index is 2.04. The summed E-state index contributed by atoms with van der Waals surface area (Å²) in [6, 6.07) is 0. The molecule has 5 nitrogen and oxygen atoms in total. The van der Waals surface area contributed by atoms with Crippen molar-refractivity contribution in [3.63, 3.8) is 0 Å². The SMILES string of the molecule is COC(=O)CCCCCCCCC(=O)OC(C)(C)C1CC[NH2+]CC1. The van der Waals surface area contributed by atoms with Crippen LogP contribution in [0.3, 0.4) is 0 Å². The summed E-state index contributed by atoms with van der Waals surface area (Å²) in [5.74, 6) is 0.303. The minimum atomic E-state index is -0.334. The van der Waals surface area contributed by atoms with Crippen LogP contribution in [0.5, 0.6) is 0 Å². The van der Waals surface area contributed by atoms with Crippen LogP contribution in [-0.4, -0.2) is 37.7 Å². The van der Waals surface area contributed by atoms with E-state index in [4.69, 9.17) is 4.74 Å². The van der Waals surface area contributed by atoms with Crippen LogP contribution in [0.15, 0.2) is 0 Å². The number of carbonyl (C=O) groups excluding carboxylic acids is 2. The second kappa shape index (κ2) is 11.5. The van der Waals surface area contributed by atoms with Crippen LogP contribution < -0.4 is 5.32 Å². The number of rotatable bonds is 11.